The molecule has 6 rings (SSSR count). The number of nitrogens with zero attached hydrogens (tertiary/aromatic N) is 2. The van der Waals surface area contributed by atoms with Crippen LogP contribution in [-0.4, -0.2) is 76.5 Å². The molecule has 32 heavy (non-hydrogen) atoms. The zero-order chi connectivity index (χ0) is 21.7. The van der Waals surface area contributed by atoms with Crippen LogP contribution in [0, 0.1) is 11.8 Å². The first-order valence-electron chi connectivity index (χ1n) is 13.1. The van der Waals surface area contributed by atoms with Gasteiger partial charge in [0, 0.05) is 36.6 Å². The Bertz CT molecular complexity index is 788. The van der Waals surface area contributed by atoms with Gasteiger partial charge >= 0.3 is 6.03 Å². The quantitative estimate of drug-likeness (QED) is 0.377. The summed E-state index contributed by atoms with van der Waals surface area (Å²) in [5.74, 6) is 2.77. The monoisotopic (exact) mass is 458 g/mol. The average molecular weight is 459 g/mol. The second-order valence-corrected chi connectivity index (χ2v) is 12.2. The Morgan fingerprint density at radius 1 is 1.16 bits per heavy atom. The Morgan fingerprint density at radius 2 is 2.09 bits per heavy atom. The molecule has 5 fully saturated rings. The van der Waals surface area contributed by atoms with Gasteiger partial charge in [-0.3, -0.25) is 9.69 Å². The van der Waals surface area contributed by atoms with Crippen LogP contribution in [0.25, 0.3) is 0 Å². The number of thioether (sulfide) groups is 1. The second kappa shape index (κ2) is 8.86. The van der Waals surface area contributed by atoms with E-state index in [9.17, 15) is 9.59 Å². The number of carbonyl (C=O) groups excluding carboxylic acids is 2. The molecule has 176 valence electrons. The van der Waals surface area contributed by atoms with Crippen molar-refractivity contribution < 1.29 is 9.59 Å². The van der Waals surface area contributed by atoms with E-state index in [0.717, 1.165) is 49.9 Å². The molecule has 0 saturated carbocycles. The highest BCUT2D eigenvalue weighted by Crippen LogP contribution is 2.45. The molecule has 0 aromatic carbocycles. The normalized spacial score (nSPS) is 40.6. The third kappa shape index (κ3) is 3.87. The molecule has 5 saturated heterocycles. The SMILES string of the molecule is O=C1N[C@H]2[C@H](CS[C@@H]2CCCCC(=O)N2CCCC3=C[C@H]4C[C@@H](CN5CCCC[C@H]45)[C@@H]32)N1. The number of nitrogens with one attached hydrogen (secondary N) is 2. The largest absolute Gasteiger partial charge is 0.336 e. The summed E-state index contributed by atoms with van der Waals surface area (Å²) in [6.45, 7) is 3.41. The van der Waals surface area contributed by atoms with Gasteiger partial charge in [0.15, 0.2) is 0 Å². The van der Waals surface area contributed by atoms with Gasteiger partial charge < -0.3 is 15.5 Å². The molecule has 1 aliphatic carbocycles. The fraction of sp³-hybridized carbons (Fsp3) is 0.840. The number of hydrogen-bond donors (Lipinski definition) is 2. The average Bonchev–Trinajstić information content (AvgIpc) is 3.35. The second-order valence-electron chi connectivity index (χ2n) is 11.0. The van der Waals surface area contributed by atoms with Crippen molar-refractivity contribution in [2.24, 2.45) is 11.8 Å². The highest BCUT2D eigenvalue weighted by Gasteiger charge is 2.47. The number of likely N-dealkylation sites (tertiary alicyclic amines) is 1. The maximum atomic E-state index is 13.3. The lowest BCUT2D eigenvalue weighted by molar-refractivity contribution is -0.136. The summed E-state index contributed by atoms with van der Waals surface area (Å²) in [6, 6.07) is 1.71. The number of amides is 3. The zero-order valence-corrected chi connectivity index (χ0v) is 20.0. The first-order valence-corrected chi connectivity index (χ1v) is 14.1. The van der Waals surface area contributed by atoms with Crippen LogP contribution in [0.5, 0.6) is 0 Å². The molecular weight excluding hydrogens is 420 g/mol. The van der Waals surface area contributed by atoms with E-state index in [-0.39, 0.29) is 12.1 Å². The van der Waals surface area contributed by atoms with E-state index in [1.807, 2.05) is 11.8 Å². The topological polar surface area (TPSA) is 64.7 Å². The first-order chi connectivity index (χ1) is 15.7. The minimum atomic E-state index is -0.0113. The molecule has 0 aromatic heterocycles. The lowest BCUT2D eigenvalue weighted by atomic mass is 9.68. The minimum Gasteiger partial charge on any atom is -0.336 e. The van der Waals surface area contributed by atoms with E-state index in [0.29, 0.717) is 35.6 Å². The lowest BCUT2D eigenvalue weighted by Gasteiger charge is -2.54. The molecule has 0 aromatic rings. The Hall–Kier alpha value is -1.21. The third-order valence-electron chi connectivity index (χ3n) is 9.04. The molecule has 2 bridgehead atoms. The van der Waals surface area contributed by atoms with E-state index in [1.54, 1.807) is 5.57 Å². The number of unbranched alkanes of at least 4 members (excludes halogenated alkanes) is 1. The van der Waals surface area contributed by atoms with Crippen molar-refractivity contribution in [1.29, 1.82) is 0 Å². The first kappa shape index (κ1) is 21.3. The molecule has 7 heteroatoms. The van der Waals surface area contributed by atoms with Crippen LogP contribution in [-0.2, 0) is 4.79 Å². The van der Waals surface area contributed by atoms with Crippen molar-refractivity contribution in [3.05, 3.63) is 11.6 Å². The molecule has 0 spiro atoms. The van der Waals surface area contributed by atoms with Crippen molar-refractivity contribution in [1.82, 2.24) is 20.4 Å². The van der Waals surface area contributed by atoms with Crippen molar-refractivity contribution in [2.45, 2.75) is 93.6 Å². The zero-order valence-electron chi connectivity index (χ0n) is 19.1. The predicted molar refractivity (Wildman–Crippen MR) is 128 cm³/mol. The number of rotatable bonds is 5. The van der Waals surface area contributed by atoms with Crippen LogP contribution < -0.4 is 10.6 Å². The van der Waals surface area contributed by atoms with Crippen molar-refractivity contribution in [3.8, 4) is 0 Å². The molecule has 7 atom stereocenters. The summed E-state index contributed by atoms with van der Waals surface area (Å²) in [4.78, 5) is 29.9. The highest BCUT2D eigenvalue weighted by atomic mass is 32.2. The maximum Gasteiger partial charge on any atom is 0.315 e. The van der Waals surface area contributed by atoms with Gasteiger partial charge in [0.1, 0.15) is 0 Å². The Labute approximate surface area is 196 Å². The smallest absolute Gasteiger partial charge is 0.315 e. The molecule has 5 aliphatic heterocycles. The predicted octanol–water partition coefficient (Wildman–Crippen LogP) is 3.13. The fourth-order valence-electron chi connectivity index (χ4n) is 7.66. The van der Waals surface area contributed by atoms with Crippen LogP contribution in [0.4, 0.5) is 4.79 Å². The van der Waals surface area contributed by atoms with Crippen LogP contribution in [0.2, 0.25) is 0 Å². The molecule has 5 heterocycles. The third-order valence-corrected chi connectivity index (χ3v) is 10.6. The van der Waals surface area contributed by atoms with Crippen molar-refractivity contribution in [3.63, 3.8) is 0 Å². The van der Waals surface area contributed by atoms with Gasteiger partial charge in [0.05, 0.1) is 18.1 Å². The van der Waals surface area contributed by atoms with Crippen LogP contribution in [0.1, 0.15) is 64.2 Å². The van der Waals surface area contributed by atoms with Crippen LogP contribution in [0.3, 0.4) is 0 Å². The van der Waals surface area contributed by atoms with Gasteiger partial charge in [-0.15, -0.1) is 0 Å². The summed E-state index contributed by atoms with van der Waals surface area (Å²) < 4.78 is 0. The van der Waals surface area contributed by atoms with E-state index >= 15 is 0 Å². The molecule has 2 N–H and O–H groups in total. The number of piperidine rings is 3. The minimum absolute atomic E-state index is 0.0113. The van der Waals surface area contributed by atoms with Gasteiger partial charge in [-0.05, 0) is 63.3 Å². The van der Waals surface area contributed by atoms with Crippen LogP contribution in [0.15, 0.2) is 11.6 Å². The molecule has 3 amide bonds. The number of carbonyl (C=O) groups is 2. The number of fused-ring (bicyclic) bond motifs is 7. The van der Waals surface area contributed by atoms with E-state index in [4.69, 9.17) is 0 Å². The van der Waals surface area contributed by atoms with Gasteiger partial charge in [0.2, 0.25) is 5.91 Å². The summed E-state index contributed by atoms with van der Waals surface area (Å²) in [7, 11) is 0. The van der Waals surface area contributed by atoms with E-state index in [2.05, 4.69) is 26.5 Å². The van der Waals surface area contributed by atoms with Gasteiger partial charge in [-0.25, -0.2) is 4.79 Å². The van der Waals surface area contributed by atoms with E-state index in [1.165, 1.54) is 45.2 Å². The van der Waals surface area contributed by atoms with Gasteiger partial charge in [0.25, 0.3) is 0 Å². The standard InChI is InChI=1S/C25H38N4O2S/c30-22(9-2-1-8-21-23-19(15-32-21)26-25(31)27-23)29-11-5-6-16-12-17-13-18(24(16)29)14-28-10-4-3-7-20(17)28/h12,17-21,23-24H,1-11,13-15H2,(H2,26,27,31)/t17-,18-,19-,20+,21+,23-,24+/m0/s1. The van der Waals surface area contributed by atoms with Crippen molar-refractivity contribution >= 4 is 23.7 Å². The molecular formula is C25H38N4O2S. The number of hydrogen-bond acceptors (Lipinski definition) is 4. The highest BCUT2D eigenvalue weighted by molar-refractivity contribution is 8.00. The fourth-order valence-corrected chi connectivity index (χ4v) is 9.21. The lowest BCUT2D eigenvalue weighted by Crippen LogP contribution is -2.60. The van der Waals surface area contributed by atoms with Gasteiger partial charge in [-0.2, -0.15) is 11.8 Å². The molecule has 0 unspecified atom stereocenters. The maximum absolute atomic E-state index is 13.3. The Balaban J connectivity index is 1.04. The van der Waals surface area contributed by atoms with E-state index < -0.39 is 0 Å². The van der Waals surface area contributed by atoms with Crippen molar-refractivity contribution in [2.75, 3.05) is 25.4 Å². The Morgan fingerprint density at radius 3 is 3.03 bits per heavy atom. The molecule has 0 radical (unpaired) electrons. The molecule has 6 nitrogen and oxygen atoms in total. The Kier molecular flexibility index (Phi) is 5.91. The van der Waals surface area contributed by atoms with Crippen LogP contribution >= 0.6 is 11.8 Å². The van der Waals surface area contributed by atoms with Gasteiger partial charge in [-0.1, -0.05) is 24.5 Å². The molecule has 6 aliphatic rings. The summed E-state index contributed by atoms with van der Waals surface area (Å²) in [5.41, 5.74) is 1.59. The number of urea groups is 1. The summed E-state index contributed by atoms with van der Waals surface area (Å²) in [5, 5.41) is 6.59. The summed E-state index contributed by atoms with van der Waals surface area (Å²) >= 11 is 1.97. The summed E-state index contributed by atoms with van der Waals surface area (Å²) in [6.07, 6.45) is 14.2.